The Morgan fingerprint density at radius 1 is 1.07 bits per heavy atom. The molecule has 1 aromatic rings. The van der Waals surface area contributed by atoms with E-state index in [9.17, 15) is 9.90 Å². The summed E-state index contributed by atoms with van der Waals surface area (Å²) in [6, 6.07) is 8.30. The van der Waals surface area contributed by atoms with Crippen molar-refractivity contribution in [2.75, 3.05) is 25.2 Å². The maximum atomic E-state index is 13.3. The number of hydrogen-bond acceptors (Lipinski definition) is 3. The molecule has 0 radical (unpaired) electrons. The van der Waals surface area contributed by atoms with Crippen LogP contribution in [0.15, 0.2) is 24.3 Å². The largest absolute Gasteiger partial charge is 0.390 e. The van der Waals surface area contributed by atoms with Gasteiger partial charge in [0.05, 0.1) is 17.6 Å². The molecule has 4 nitrogen and oxygen atoms in total. The van der Waals surface area contributed by atoms with Crippen LogP contribution in [0.25, 0.3) is 0 Å². The maximum Gasteiger partial charge on any atom is 0.233 e. The van der Waals surface area contributed by atoms with Crippen LogP contribution in [0.4, 0.5) is 5.69 Å². The lowest BCUT2D eigenvalue weighted by Gasteiger charge is -2.43. The second-order valence-corrected chi connectivity index (χ2v) is 9.86. The SMILES string of the molecule is COCCc1ccc(N2CC[C@]3(CC[C@@](O)(CC(C)(C)C)CC3)C2=O)cc1. The number of methoxy groups -OCH3 is 1. The first-order valence-electron chi connectivity index (χ1n) is 10.3. The minimum absolute atomic E-state index is 0.107. The molecule has 4 heteroatoms. The Hall–Kier alpha value is -1.39. The quantitative estimate of drug-likeness (QED) is 0.835. The normalized spacial score (nSPS) is 28.9. The van der Waals surface area contributed by atoms with E-state index >= 15 is 0 Å². The molecule has 150 valence electrons. The first-order valence-corrected chi connectivity index (χ1v) is 10.3. The molecule has 1 amide bonds. The van der Waals surface area contributed by atoms with Gasteiger partial charge in [-0.15, -0.1) is 0 Å². The molecule has 2 fully saturated rings. The van der Waals surface area contributed by atoms with Gasteiger partial charge in [-0.1, -0.05) is 32.9 Å². The summed E-state index contributed by atoms with van der Waals surface area (Å²) < 4.78 is 5.13. The van der Waals surface area contributed by atoms with Crippen LogP contribution in [0.5, 0.6) is 0 Å². The van der Waals surface area contributed by atoms with Crippen LogP contribution in [-0.4, -0.2) is 36.9 Å². The van der Waals surface area contributed by atoms with Crippen LogP contribution in [0, 0.1) is 10.8 Å². The minimum Gasteiger partial charge on any atom is -0.390 e. The number of carbonyl (C=O) groups is 1. The van der Waals surface area contributed by atoms with Gasteiger partial charge in [0, 0.05) is 19.3 Å². The van der Waals surface area contributed by atoms with Crippen LogP contribution in [0.1, 0.15) is 64.9 Å². The number of carbonyl (C=O) groups excluding carboxylic acids is 1. The van der Waals surface area contributed by atoms with Gasteiger partial charge in [-0.25, -0.2) is 0 Å². The van der Waals surface area contributed by atoms with E-state index < -0.39 is 5.60 Å². The van der Waals surface area contributed by atoms with E-state index in [1.807, 2.05) is 4.90 Å². The van der Waals surface area contributed by atoms with Gasteiger partial charge in [-0.3, -0.25) is 4.79 Å². The lowest BCUT2D eigenvalue weighted by Crippen LogP contribution is -2.45. The summed E-state index contributed by atoms with van der Waals surface area (Å²) in [5.74, 6) is 0.255. The molecule has 1 aliphatic heterocycles. The molecule has 0 atom stereocenters. The molecule has 0 unspecified atom stereocenters. The Labute approximate surface area is 163 Å². The smallest absolute Gasteiger partial charge is 0.233 e. The fourth-order valence-electron chi connectivity index (χ4n) is 4.95. The average Bonchev–Trinajstić information content (AvgIpc) is 2.92. The van der Waals surface area contributed by atoms with E-state index in [4.69, 9.17) is 4.74 Å². The molecule has 1 N–H and O–H groups in total. The first kappa shape index (κ1) is 20.3. The van der Waals surface area contributed by atoms with E-state index in [0.29, 0.717) is 6.61 Å². The lowest BCUT2D eigenvalue weighted by atomic mass is 9.64. The van der Waals surface area contributed by atoms with Crippen molar-refractivity contribution in [1.29, 1.82) is 0 Å². The molecule has 1 heterocycles. The van der Waals surface area contributed by atoms with E-state index in [0.717, 1.165) is 57.2 Å². The molecule has 1 saturated heterocycles. The molecule has 1 aliphatic carbocycles. The zero-order valence-corrected chi connectivity index (χ0v) is 17.4. The zero-order valence-electron chi connectivity index (χ0n) is 17.4. The molecule has 1 saturated carbocycles. The summed E-state index contributed by atoms with van der Waals surface area (Å²) in [5, 5.41) is 11.0. The molecule has 0 bridgehead atoms. The van der Waals surface area contributed by atoms with Gasteiger partial charge in [-0.2, -0.15) is 0 Å². The maximum absolute atomic E-state index is 13.3. The number of hydrogen-bond donors (Lipinski definition) is 1. The molecule has 1 aromatic carbocycles. The highest BCUT2D eigenvalue weighted by atomic mass is 16.5. The van der Waals surface area contributed by atoms with Crippen molar-refractivity contribution in [3.05, 3.63) is 29.8 Å². The van der Waals surface area contributed by atoms with Gasteiger partial charge in [0.25, 0.3) is 0 Å². The minimum atomic E-state index is -0.611. The summed E-state index contributed by atoms with van der Waals surface area (Å²) in [5.41, 5.74) is 1.45. The van der Waals surface area contributed by atoms with Crippen molar-refractivity contribution in [3.8, 4) is 0 Å². The summed E-state index contributed by atoms with van der Waals surface area (Å²) in [4.78, 5) is 15.2. The number of aliphatic hydroxyl groups is 1. The number of amides is 1. The highest BCUT2D eigenvalue weighted by Gasteiger charge is 2.51. The fraction of sp³-hybridized carbons (Fsp3) is 0.696. The van der Waals surface area contributed by atoms with Gasteiger partial charge in [0.2, 0.25) is 5.91 Å². The molecule has 1 spiro atoms. The van der Waals surface area contributed by atoms with Crippen molar-refractivity contribution >= 4 is 11.6 Å². The second-order valence-electron chi connectivity index (χ2n) is 9.86. The monoisotopic (exact) mass is 373 g/mol. The van der Waals surface area contributed by atoms with Crippen LogP contribution in [0.3, 0.4) is 0 Å². The van der Waals surface area contributed by atoms with Gasteiger partial charge in [0.1, 0.15) is 0 Å². The zero-order chi connectivity index (χ0) is 19.7. The summed E-state index contributed by atoms with van der Waals surface area (Å²) >= 11 is 0. The van der Waals surface area contributed by atoms with E-state index in [2.05, 4.69) is 45.0 Å². The predicted octanol–water partition coefficient (Wildman–Crippen LogP) is 4.34. The number of ether oxygens (including phenoxy) is 1. The van der Waals surface area contributed by atoms with E-state index in [1.165, 1.54) is 5.56 Å². The molecule has 0 aromatic heterocycles. The van der Waals surface area contributed by atoms with Crippen LogP contribution in [-0.2, 0) is 16.0 Å². The van der Waals surface area contributed by atoms with Gasteiger partial charge >= 0.3 is 0 Å². The molecule has 27 heavy (non-hydrogen) atoms. The Kier molecular flexibility index (Phi) is 5.69. The Morgan fingerprint density at radius 2 is 1.70 bits per heavy atom. The Balaban J connectivity index is 1.65. The second kappa shape index (κ2) is 7.56. The molecule has 2 aliphatic rings. The van der Waals surface area contributed by atoms with Crippen molar-refractivity contribution < 1.29 is 14.6 Å². The fourth-order valence-corrected chi connectivity index (χ4v) is 4.95. The van der Waals surface area contributed by atoms with Crippen LogP contribution in [0.2, 0.25) is 0 Å². The Morgan fingerprint density at radius 3 is 2.26 bits per heavy atom. The van der Waals surface area contributed by atoms with Gasteiger partial charge in [-0.05, 0) is 68.1 Å². The highest BCUT2D eigenvalue weighted by molar-refractivity contribution is 6.00. The number of rotatable bonds is 5. The van der Waals surface area contributed by atoms with Crippen LogP contribution < -0.4 is 4.90 Å². The molecular weight excluding hydrogens is 338 g/mol. The molecular formula is C23H35NO3. The number of anilines is 1. The molecule has 3 rings (SSSR count). The average molecular weight is 374 g/mol. The predicted molar refractivity (Wildman–Crippen MR) is 109 cm³/mol. The van der Waals surface area contributed by atoms with Crippen molar-refractivity contribution in [3.63, 3.8) is 0 Å². The number of nitrogens with zero attached hydrogens (tertiary/aromatic N) is 1. The van der Waals surface area contributed by atoms with Crippen LogP contribution >= 0.6 is 0 Å². The lowest BCUT2D eigenvalue weighted by molar-refractivity contribution is -0.131. The Bertz CT molecular complexity index is 651. The third-order valence-corrected chi connectivity index (χ3v) is 6.35. The van der Waals surface area contributed by atoms with Crippen molar-refractivity contribution in [1.82, 2.24) is 0 Å². The number of benzene rings is 1. The summed E-state index contributed by atoms with van der Waals surface area (Å²) in [7, 11) is 1.71. The van der Waals surface area contributed by atoms with Crippen molar-refractivity contribution in [2.24, 2.45) is 10.8 Å². The topological polar surface area (TPSA) is 49.8 Å². The van der Waals surface area contributed by atoms with Gasteiger partial charge < -0.3 is 14.7 Å². The summed E-state index contributed by atoms with van der Waals surface area (Å²) in [6.07, 6.45) is 5.68. The van der Waals surface area contributed by atoms with E-state index in [1.54, 1.807) is 7.11 Å². The summed E-state index contributed by atoms with van der Waals surface area (Å²) in [6.45, 7) is 8.02. The van der Waals surface area contributed by atoms with Gasteiger partial charge in [0.15, 0.2) is 0 Å². The van der Waals surface area contributed by atoms with Crippen molar-refractivity contribution in [2.45, 2.75) is 71.3 Å². The third-order valence-electron chi connectivity index (χ3n) is 6.35. The third kappa shape index (κ3) is 4.55. The highest BCUT2D eigenvalue weighted by Crippen LogP contribution is 2.50. The first-order chi connectivity index (χ1) is 12.7. The standard InChI is InChI=1S/C23H35NO3/c1-21(2,3)17-23(26)12-10-22(11-13-23)14-15-24(20(22)25)19-7-5-18(6-8-19)9-16-27-4/h5-8,26H,9-17H2,1-4H3/t22-,23+. The van der Waals surface area contributed by atoms with E-state index in [-0.39, 0.29) is 16.7 Å².